The number of ether oxygens (including phenoxy) is 2. The third-order valence-electron chi connectivity index (χ3n) is 9.57. The number of rotatable bonds is 3. The number of hydrogen-bond donors (Lipinski definition) is 1. The summed E-state index contributed by atoms with van der Waals surface area (Å²) in [5, 5.41) is 10.7. The van der Waals surface area contributed by atoms with Crippen LogP contribution < -0.4 is 0 Å². The van der Waals surface area contributed by atoms with Gasteiger partial charge in [0.15, 0.2) is 0 Å². The van der Waals surface area contributed by atoms with Crippen molar-refractivity contribution in [3.63, 3.8) is 0 Å². The van der Waals surface area contributed by atoms with Crippen molar-refractivity contribution in [1.82, 2.24) is 0 Å². The van der Waals surface area contributed by atoms with Crippen LogP contribution in [-0.4, -0.2) is 30.6 Å². The Hall–Kier alpha value is -1.29. The van der Waals surface area contributed by atoms with Crippen LogP contribution in [0.5, 0.6) is 0 Å². The van der Waals surface area contributed by atoms with Crippen LogP contribution in [0.4, 0.5) is 4.79 Å². The molecule has 0 aromatic heterocycles. The van der Waals surface area contributed by atoms with Gasteiger partial charge in [-0.1, -0.05) is 44.9 Å². The highest BCUT2D eigenvalue weighted by Gasteiger charge is 2.59. The number of aliphatic hydroxyl groups excluding tert-OH is 1. The van der Waals surface area contributed by atoms with Crippen LogP contribution in [0.25, 0.3) is 0 Å². The van der Waals surface area contributed by atoms with E-state index in [2.05, 4.69) is 39.8 Å². The first-order chi connectivity index (χ1) is 14.1. The summed E-state index contributed by atoms with van der Waals surface area (Å²) in [6.07, 6.45) is 11.9. The van der Waals surface area contributed by atoms with Gasteiger partial charge in [-0.25, -0.2) is 4.79 Å². The molecule has 0 aromatic carbocycles. The average Bonchev–Trinajstić information content (AvgIpc) is 3.02. The third-order valence-corrected chi connectivity index (χ3v) is 9.57. The lowest BCUT2D eigenvalue weighted by Gasteiger charge is -2.60. The molecule has 0 aromatic rings. The van der Waals surface area contributed by atoms with E-state index in [1.165, 1.54) is 30.4 Å². The molecule has 3 fully saturated rings. The van der Waals surface area contributed by atoms with Crippen LogP contribution in [0, 0.1) is 34.0 Å². The first kappa shape index (κ1) is 21.9. The van der Waals surface area contributed by atoms with Gasteiger partial charge in [0.2, 0.25) is 0 Å². The summed E-state index contributed by atoms with van der Waals surface area (Å²) in [4.78, 5) is 11.5. The molecule has 4 rings (SSSR count). The van der Waals surface area contributed by atoms with Crippen molar-refractivity contribution in [2.45, 2.75) is 85.7 Å². The Bertz CT molecular complexity index is 750. The highest BCUT2D eigenvalue weighted by atomic mass is 16.7. The maximum absolute atomic E-state index is 11.5. The molecule has 30 heavy (non-hydrogen) atoms. The summed E-state index contributed by atoms with van der Waals surface area (Å²) in [5.41, 5.74) is 3.35. The highest BCUT2D eigenvalue weighted by Crippen LogP contribution is 2.67. The molecule has 0 saturated heterocycles. The van der Waals surface area contributed by atoms with Gasteiger partial charge in [-0.15, -0.1) is 0 Å². The largest absolute Gasteiger partial charge is 0.508 e. The topological polar surface area (TPSA) is 55.8 Å². The van der Waals surface area contributed by atoms with Gasteiger partial charge in [-0.3, -0.25) is 0 Å². The minimum atomic E-state index is -0.572. The van der Waals surface area contributed by atoms with Crippen LogP contribution in [0.1, 0.15) is 79.6 Å². The van der Waals surface area contributed by atoms with E-state index in [0.29, 0.717) is 19.1 Å². The van der Waals surface area contributed by atoms with E-state index >= 15 is 0 Å². The zero-order valence-corrected chi connectivity index (χ0v) is 19.5. The number of carbonyl (C=O) groups is 1. The van der Waals surface area contributed by atoms with Crippen molar-refractivity contribution >= 4 is 6.16 Å². The van der Waals surface area contributed by atoms with Gasteiger partial charge in [0.05, 0.1) is 12.7 Å². The number of aliphatic hydroxyl groups is 1. The van der Waals surface area contributed by atoms with Gasteiger partial charge in [-0.2, -0.15) is 0 Å². The molecule has 1 N–H and O–H groups in total. The summed E-state index contributed by atoms with van der Waals surface area (Å²) < 4.78 is 10.1. The Labute approximate surface area is 182 Å². The summed E-state index contributed by atoms with van der Waals surface area (Å²) in [6.45, 7) is 11.9. The van der Waals surface area contributed by atoms with Crippen molar-refractivity contribution in [3.8, 4) is 0 Å². The molecule has 0 heterocycles. The number of hydrogen-bond acceptors (Lipinski definition) is 4. The van der Waals surface area contributed by atoms with Gasteiger partial charge in [0.25, 0.3) is 0 Å². The second-order valence-electron chi connectivity index (χ2n) is 11.1. The van der Waals surface area contributed by atoms with E-state index in [1.807, 2.05) is 0 Å². The van der Waals surface area contributed by atoms with Gasteiger partial charge in [-0.05, 0) is 86.5 Å². The average molecular weight is 417 g/mol. The van der Waals surface area contributed by atoms with Crippen molar-refractivity contribution in [2.75, 3.05) is 13.2 Å². The third kappa shape index (κ3) is 3.25. The monoisotopic (exact) mass is 416 g/mol. The predicted octanol–water partition coefficient (Wildman–Crippen LogP) is 6.05. The second kappa shape index (κ2) is 7.69. The predicted molar refractivity (Wildman–Crippen MR) is 118 cm³/mol. The van der Waals surface area contributed by atoms with Crippen LogP contribution in [-0.2, 0) is 9.47 Å². The lowest BCUT2D eigenvalue weighted by atomic mass is 9.44. The normalized spacial score (nSPS) is 43.3. The van der Waals surface area contributed by atoms with Crippen LogP contribution in [0.3, 0.4) is 0 Å². The van der Waals surface area contributed by atoms with E-state index in [-0.39, 0.29) is 22.3 Å². The van der Waals surface area contributed by atoms with Gasteiger partial charge < -0.3 is 14.6 Å². The molecule has 4 aliphatic rings. The fraction of sp³-hybridized carbons (Fsp3) is 0.808. The molecule has 6 atom stereocenters. The standard InChI is InChI=1S/C26H40O4/c1-6-29-23(28)30-16-13-17-7-9-19-18-8-10-21-24(2,3)22(27)12-15-26(21,5)20(18)11-14-25(17,19)4/h10,13,18-20,22,27H,6-9,11-12,14-16H2,1-5H3/b17-13+/t18-,19-,20-,22-,25+,26+/m0/s1. The minimum Gasteiger partial charge on any atom is -0.435 e. The summed E-state index contributed by atoms with van der Waals surface area (Å²) >= 11 is 0. The van der Waals surface area contributed by atoms with E-state index in [0.717, 1.165) is 37.5 Å². The maximum atomic E-state index is 11.5. The Balaban J connectivity index is 1.54. The zero-order valence-electron chi connectivity index (χ0n) is 19.5. The number of carbonyl (C=O) groups excluding carboxylic acids is 1. The number of allylic oxidation sites excluding steroid dienone is 2. The molecule has 0 spiro atoms. The molecule has 0 aliphatic heterocycles. The maximum Gasteiger partial charge on any atom is 0.508 e. The fourth-order valence-electron chi connectivity index (χ4n) is 7.94. The molecule has 4 heteroatoms. The highest BCUT2D eigenvalue weighted by molar-refractivity contribution is 5.59. The van der Waals surface area contributed by atoms with Crippen molar-refractivity contribution in [2.24, 2.45) is 34.0 Å². The lowest BCUT2D eigenvalue weighted by molar-refractivity contribution is -0.0601. The minimum absolute atomic E-state index is 0.107. The van der Waals surface area contributed by atoms with Crippen LogP contribution in [0.2, 0.25) is 0 Å². The fourth-order valence-corrected chi connectivity index (χ4v) is 7.94. The summed E-state index contributed by atoms with van der Waals surface area (Å²) in [5.74, 6) is 2.15. The van der Waals surface area contributed by atoms with Gasteiger partial charge >= 0.3 is 6.16 Å². The lowest BCUT2D eigenvalue weighted by Crippen LogP contribution is -2.54. The van der Waals surface area contributed by atoms with Gasteiger partial charge in [0, 0.05) is 5.41 Å². The summed E-state index contributed by atoms with van der Waals surface area (Å²) in [6, 6.07) is 0. The molecular formula is C26H40O4. The van der Waals surface area contributed by atoms with E-state index in [9.17, 15) is 9.90 Å². The van der Waals surface area contributed by atoms with Crippen molar-refractivity contribution in [1.29, 1.82) is 0 Å². The smallest absolute Gasteiger partial charge is 0.435 e. The molecule has 0 amide bonds. The van der Waals surface area contributed by atoms with Crippen molar-refractivity contribution in [3.05, 3.63) is 23.3 Å². The molecule has 0 unspecified atom stereocenters. The van der Waals surface area contributed by atoms with E-state index in [4.69, 9.17) is 9.47 Å². The van der Waals surface area contributed by atoms with Crippen molar-refractivity contribution < 1.29 is 19.4 Å². The molecular weight excluding hydrogens is 376 g/mol. The van der Waals surface area contributed by atoms with Gasteiger partial charge in [0.1, 0.15) is 6.61 Å². The quantitative estimate of drug-likeness (QED) is 0.450. The molecule has 3 saturated carbocycles. The van der Waals surface area contributed by atoms with Crippen LogP contribution in [0.15, 0.2) is 23.3 Å². The summed E-state index contributed by atoms with van der Waals surface area (Å²) in [7, 11) is 0. The first-order valence-corrected chi connectivity index (χ1v) is 12.0. The SMILES string of the molecule is CCOC(=O)OC/C=C1\CC[C@H]2[C@@H]3CC=C4C(C)(C)[C@@H](O)CC[C@]4(C)[C@H]3CC[C@]12C. The molecule has 4 nitrogen and oxygen atoms in total. The first-order valence-electron chi connectivity index (χ1n) is 12.0. The molecule has 0 radical (unpaired) electrons. The molecule has 4 aliphatic carbocycles. The Kier molecular flexibility index (Phi) is 5.62. The van der Waals surface area contributed by atoms with Crippen LogP contribution >= 0.6 is 0 Å². The second-order valence-corrected chi connectivity index (χ2v) is 11.1. The number of fused-ring (bicyclic) bond motifs is 5. The van der Waals surface area contributed by atoms with E-state index < -0.39 is 6.16 Å². The Morgan fingerprint density at radius 3 is 2.53 bits per heavy atom. The Morgan fingerprint density at radius 2 is 1.80 bits per heavy atom. The molecule has 0 bridgehead atoms. The van der Waals surface area contributed by atoms with E-state index in [1.54, 1.807) is 6.92 Å². The zero-order chi connectivity index (χ0) is 21.7. The molecule has 168 valence electrons. The Morgan fingerprint density at radius 1 is 1.10 bits per heavy atom.